The number of para-hydroxylation sites is 1. The van der Waals surface area contributed by atoms with Gasteiger partial charge in [-0.05, 0) is 29.9 Å². The zero-order chi connectivity index (χ0) is 18.3. The number of hydrogen-bond acceptors (Lipinski definition) is 4. The summed E-state index contributed by atoms with van der Waals surface area (Å²) in [6, 6.07) is 8.70. The van der Waals surface area contributed by atoms with E-state index >= 15 is 0 Å². The van der Waals surface area contributed by atoms with E-state index in [1.54, 1.807) is 0 Å². The van der Waals surface area contributed by atoms with Gasteiger partial charge in [0.05, 0.1) is 0 Å². The second-order valence-electron chi connectivity index (χ2n) is 7.65. The van der Waals surface area contributed by atoms with Gasteiger partial charge in [0.15, 0.2) is 11.5 Å². The number of piperazine rings is 1. The first kappa shape index (κ1) is 17.0. The summed E-state index contributed by atoms with van der Waals surface area (Å²) < 4.78 is 11.0. The van der Waals surface area contributed by atoms with Gasteiger partial charge in [-0.25, -0.2) is 0 Å². The first-order chi connectivity index (χ1) is 12.5. The van der Waals surface area contributed by atoms with Gasteiger partial charge in [-0.3, -0.25) is 4.79 Å². The van der Waals surface area contributed by atoms with Gasteiger partial charge in [-0.1, -0.05) is 38.3 Å². The van der Waals surface area contributed by atoms with Crippen LogP contribution in [0.15, 0.2) is 48.9 Å². The lowest BCUT2D eigenvalue weighted by Gasteiger charge is -2.39. The van der Waals surface area contributed by atoms with Crippen molar-refractivity contribution in [3.8, 4) is 0 Å². The normalized spacial score (nSPS) is 24.7. The fourth-order valence-electron chi connectivity index (χ4n) is 3.74. The predicted octanol–water partition coefficient (Wildman–Crippen LogP) is 2.83. The monoisotopic (exact) mass is 354 g/mol. The van der Waals surface area contributed by atoms with E-state index in [9.17, 15) is 4.79 Å². The second kappa shape index (κ2) is 6.38. The van der Waals surface area contributed by atoms with Gasteiger partial charge in [0.25, 0.3) is 5.91 Å². The Balaban J connectivity index is 1.40. The Hall–Kier alpha value is -2.43. The molecule has 1 atom stereocenters. The molecule has 2 heterocycles. The van der Waals surface area contributed by atoms with E-state index in [4.69, 9.17) is 9.47 Å². The van der Waals surface area contributed by atoms with Crippen molar-refractivity contribution >= 4 is 11.6 Å². The number of carbonyl (C=O) groups is 1. The SMILES string of the molecule is C=C1OCC(C(=O)N2CCN(c3ccccc3C3(C)CC3)CC2)OC1=C. The highest BCUT2D eigenvalue weighted by Gasteiger charge is 2.41. The summed E-state index contributed by atoms with van der Waals surface area (Å²) in [6.07, 6.45) is 1.91. The maximum atomic E-state index is 12.7. The fourth-order valence-corrected chi connectivity index (χ4v) is 3.74. The molecule has 3 aliphatic rings. The molecule has 138 valence electrons. The van der Waals surface area contributed by atoms with E-state index in [2.05, 4.69) is 49.2 Å². The molecule has 1 aliphatic carbocycles. The third-order valence-corrected chi connectivity index (χ3v) is 5.77. The van der Waals surface area contributed by atoms with Crippen molar-refractivity contribution in [2.45, 2.75) is 31.3 Å². The van der Waals surface area contributed by atoms with Crippen LogP contribution < -0.4 is 4.90 Å². The molecule has 1 aromatic rings. The molecular weight excluding hydrogens is 328 g/mol. The first-order valence-corrected chi connectivity index (χ1v) is 9.29. The van der Waals surface area contributed by atoms with Gasteiger partial charge >= 0.3 is 0 Å². The third kappa shape index (κ3) is 3.06. The third-order valence-electron chi connectivity index (χ3n) is 5.77. The van der Waals surface area contributed by atoms with Crippen molar-refractivity contribution in [2.24, 2.45) is 0 Å². The maximum absolute atomic E-state index is 12.7. The number of anilines is 1. The quantitative estimate of drug-likeness (QED) is 0.837. The summed E-state index contributed by atoms with van der Waals surface area (Å²) >= 11 is 0. The molecule has 2 saturated heterocycles. The number of carbonyl (C=O) groups excluding carboxylic acids is 1. The lowest BCUT2D eigenvalue weighted by Crippen LogP contribution is -2.53. The molecule has 1 amide bonds. The van der Waals surface area contributed by atoms with Crippen LogP contribution in [0.5, 0.6) is 0 Å². The van der Waals surface area contributed by atoms with E-state index in [0.29, 0.717) is 30.0 Å². The maximum Gasteiger partial charge on any atom is 0.267 e. The summed E-state index contributed by atoms with van der Waals surface area (Å²) in [6.45, 7) is 13.0. The minimum absolute atomic E-state index is 0.0271. The van der Waals surface area contributed by atoms with Gasteiger partial charge in [0.1, 0.15) is 6.61 Å². The molecule has 5 nitrogen and oxygen atoms in total. The van der Waals surface area contributed by atoms with E-state index in [1.165, 1.54) is 24.1 Å². The standard InChI is InChI=1S/C21H26N2O3/c1-15-16(2)26-19(14-25-15)20(24)23-12-10-22(11-13-23)18-7-5-4-6-17(18)21(3)8-9-21/h4-7,19H,1-2,8-14H2,3H3. The number of rotatable bonds is 3. The van der Waals surface area contributed by atoms with Crippen molar-refractivity contribution in [3.63, 3.8) is 0 Å². The predicted molar refractivity (Wildman–Crippen MR) is 101 cm³/mol. The molecule has 0 bridgehead atoms. The van der Waals surface area contributed by atoms with Crippen LogP contribution in [0.2, 0.25) is 0 Å². The zero-order valence-electron chi connectivity index (χ0n) is 15.4. The lowest BCUT2D eigenvalue weighted by molar-refractivity contribution is -0.147. The number of benzene rings is 1. The molecule has 5 heteroatoms. The minimum atomic E-state index is -0.614. The van der Waals surface area contributed by atoms with Gasteiger partial charge in [-0.2, -0.15) is 0 Å². The Kier molecular flexibility index (Phi) is 4.17. The van der Waals surface area contributed by atoms with Gasteiger partial charge < -0.3 is 19.3 Å². The average molecular weight is 354 g/mol. The van der Waals surface area contributed by atoms with Gasteiger partial charge in [0.2, 0.25) is 6.10 Å². The van der Waals surface area contributed by atoms with Crippen LogP contribution in [0.1, 0.15) is 25.3 Å². The molecule has 4 rings (SSSR count). The van der Waals surface area contributed by atoms with Crippen LogP contribution in [0.3, 0.4) is 0 Å². The van der Waals surface area contributed by atoms with Crippen molar-refractivity contribution in [3.05, 3.63) is 54.5 Å². The largest absolute Gasteiger partial charge is 0.486 e. The Morgan fingerprint density at radius 1 is 1.12 bits per heavy atom. The molecule has 2 aliphatic heterocycles. The average Bonchev–Trinajstić information content (AvgIpc) is 3.42. The second-order valence-corrected chi connectivity index (χ2v) is 7.65. The van der Waals surface area contributed by atoms with E-state index < -0.39 is 6.10 Å². The van der Waals surface area contributed by atoms with Crippen LogP contribution in [0.25, 0.3) is 0 Å². The summed E-state index contributed by atoms with van der Waals surface area (Å²) in [7, 11) is 0. The van der Waals surface area contributed by atoms with Crippen LogP contribution in [0.4, 0.5) is 5.69 Å². The van der Waals surface area contributed by atoms with Crippen molar-refractivity contribution in [1.82, 2.24) is 4.90 Å². The Labute approximate surface area is 154 Å². The molecule has 1 saturated carbocycles. The van der Waals surface area contributed by atoms with Crippen molar-refractivity contribution < 1.29 is 14.3 Å². The highest BCUT2D eigenvalue weighted by molar-refractivity contribution is 5.82. The lowest BCUT2D eigenvalue weighted by atomic mass is 9.95. The van der Waals surface area contributed by atoms with E-state index in [1.807, 2.05) is 4.90 Å². The number of nitrogens with zero attached hydrogens (tertiary/aromatic N) is 2. The molecule has 0 radical (unpaired) electrons. The van der Waals surface area contributed by atoms with Crippen LogP contribution in [-0.2, 0) is 19.7 Å². The van der Waals surface area contributed by atoms with Crippen molar-refractivity contribution in [2.75, 3.05) is 37.7 Å². The molecular formula is C21H26N2O3. The molecule has 0 N–H and O–H groups in total. The smallest absolute Gasteiger partial charge is 0.267 e. The highest BCUT2D eigenvalue weighted by atomic mass is 16.6. The minimum Gasteiger partial charge on any atom is -0.486 e. The molecule has 0 spiro atoms. The molecule has 1 aromatic carbocycles. The Morgan fingerprint density at radius 2 is 1.81 bits per heavy atom. The fraction of sp³-hybridized carbons (Fsp3) is 0.476. The summed E-state index contributed by atoms with van der Waals surface area (Å²) in [5, 5.41) is 0. The summed E-state index contributed by atoms with van der Waals surface area (Å²) in [5.74, 6) is 0.727. The number of amides is 1. The number of hydrogen-bond donors (Lipinski definition) is 0. The number of ether oxygens (including phenoxy) is 2. The molecule has 0 aromatic heterocycles. The topological polar surface area (TPSA) is 42.0 Å². The molecule has 26 heavy (non-hydrogen) atoms. The first-order valence-electron chi connectivity index (χ1n) is 9.29. The van der Waals surface area contributed by atoms with Crippen LogP contribution >= 0.6 is 0 Å². The van der Waals surface area contributed by atoms with Gasteiger partial charge in [0, 0.05) is 31.9 Å². The van der Waals surface area contributed by atoms with Crippen LogP contribution in [0, 0.1) is 0 Å². The zero-order valence-corrected chi connectivity index (χ0v) is 15.4. The van der Waals surface area contributed by atoms with Gasteiger partial charge in [-0.15, -0.1) is 0 Å². The summed E-state index contributed by atoms with van der Waals surface area (Å²) in [4.78, 5) is 17.0. The molecule has 3 fully saturated rings. The highest BCUT2D eigenvalue weighted by Crippen LogP contribution is 2.50. The summed E-state index contributed by atoms with van der Waals surface area (Å²) in [5.41, 5.74) is 3.10. The van der Waals surface area contributed by atoms with Crippen LogP contribution in [-0.4, -0.2) is 49.7 Å². The van der Waals surface area contributed by atoms with Crippen molar-refractivity contribution in [1.29, 1.82) is 0 Å². The molecule has 1 unspecified atom stereocenters. The Morgan fingerprint density at radius 3 is 2.46 bits per heavy atom. The van der Waals surface area contributed by atoms with E-state index in [-0.39, 0.29) is 12.5 Å². The Bertz CT molecular complexity index is 745. The van der Waals surface area contributed by atoms with E-state index in [0.717, 1.165) is 13.1 Å².